The quantitative estimate of drug-likeness (QED) is 0.782. The number of imide groups is 1. The lowest BCUT2D eigenvalue weighted by Gasteiger charge is -2.40. The summed E-state index contributed by atoms with van der Waals surface area (Å²) < 4.78 is 13.7. The van der Waals surface area contributed by atoms with Crippen molar-refractivity contribution in [3.63, 3.8) is 0 Å². The third-order valence-corrected chi connectivity index (χ3v) is 5.31. The van der Waals surface area contributed by atoms with E-state index in [1.54, 1.807) is 0 Å². The van der Waals surface area contributed by atoms with Crippen molar-refractivity contribution in [2.24, 2.45) is 5.92 Å². The average Bonchev–Trinajstić information content (AvgIpc) is 2.52. The smallest absolute Gasteiger partial charge is 0.260 e. The number of nitrogens with zero attached hydrogens (tertiary/aromatic N) is 1. The minimum atomic E-state index is -0.803. The summed E-state index contributed by atoms with van der Waals surface area (Å²) in [6.07, 6.45) is 6.57. The first-order valence-electron chi connectivity index (χ1n) is 8.06. The van der Waals surface area contributed by atoms with Crippen LogP contribution in [0.5, 0.6) is 0 Å². The molecular weight excluding hydrogens is 281 g/mol. The Morgan fingerprint density at radius 3 is 2.59 bits per heavy atom. The van der Waals surface area contributed by atoms with Gasteiger partial charge in [0.25, 0.3) is 5.91 Å². The molecule has 0 spiro atoms. The van der Waals surface area contributed by atoms with E-state index in [2.05, 4.69) is 0 Å². The fraction of sp³-hybridized carbons (Fsp3) is 0.556. The molecule has 0 radical (unpaired) electrons. The molecule has 1 aromatic rings. The van der Waals surface area contributed by atoms with Crippen LogP contribution < -0.4 is 0 Å². The van der Waals surface area contributed by atoms with Crippen LogP contribution in [0.1, 0.15) is 61.4 Å². The van der Waals surface area contributed by atoms with Crippen LogP contribution in [0.2, 0.25) is 0 Å². The Morgan fingerprint density at radius 1 is 1.23 bits per heavy atom. The molecule has 118 valence electrons. The monoisotopic (exact) mass is 303 g/mol. The number of hydrogen-bond acceptors (Lipinski definition) is 2. The second kappa shape index (κ2) is 5.49. The molecule has 0 N–H and O–H groups in total. The molecular formula is C18H22FNO2. The van der Waals surface area contributed by atoms with E-state index in [4.69, 9.17) is 0 Å². The van der Waals surface area contributed by atoms with Gasteiger partial charge >= 0.3 is 0 Å². The zero-order valence-electron chi connectivity index (χ0n) is 13.2. The maximum absolute atomic E-state index is 13.7. The predicted octanol–water partition coefficient (Wildman–Crippen LogP) is 3.67. The largest absolute Gasteiger partial charge is 0.281 e. The Kier molecular flexibility index (Phi) is 3.79. The van der Waals surface area contributed by atoms with Crippen LogP contribution >= 0.6 is 0 Å². The van der Waals surface area contributed by atoms with Gasteiger partial charge in [0, 0.05) is 12.6 Å². The van der Waals surface area contributed by atoms with Crippen LogP contribution in [0.15, 0.2) is 18.2 Å². The van der Waals surface area contributed by atoms with Crippen LogP contribution in [0.25, 0.3) is 0 Å². The van der Waals surface area contributed by atoms with Crippen molar-refractivity contribution in [2.75, 3.05) is 7.05 Å². The molecule has 1 fully saturated rings. The van der Waals surface area contributed by atoms with Crippen molar-refractivity contribution in [1.82, 2.24) is 4.90 Å². The highest BCUT2D eigenvalue weighted by atomic mass is 19.1. The number of likely N-dealkylation sites (N-methyl/N-ethyl adjacent to an activating group) is 1. The average molecular weight is 303 g/mol. The van der Waals surface area contributed by atoms with Gasteiger partial charge in [-0.3, -0.25) is 14.5 Å². The van der Waals surface area contributed by atoms with Gasteiger partial charge in [-0.05, 0) is 43.0 Å². The summed E-state index contributed by atoms with van der Waals surface area (Å²) in [6, 6.07) is 4.18. The van der Waals surface area contributed by atoms with Gasteiger partial charge in [0.15, 0.2) is 0 Å². The summed E-state index contributed by atoms with van der Waals surface area (Å²) >= 11 is 0. The van der Waals surface area contributed by atoms with E-state index in [0.29, 0.717) is 23.5 Å². The van der Waals surface area contributed by atoms with Crippen LogP contribution in [0.4, 0.5) is 4.39 Å². The fourth-order valence-electron chi connectivity index (χ4n) is 4.08. The van der Waals surface area contributed by atoms with Crippen molar-refractivity contribution < 1.29 is 14.0 Å². The minimum absolute atomic E-state index is 0.207. The number of carbonyl (C=O) groups is 2. The molecule has 22 heavy (non-hydrogen) atoms. The first-order valence-corrected chi connectivity index (χ1v) is 8.06. The molecule has 0 aromatic heterocycles. The molecule has 0 saturated heterocycles. The van der Waals surface area contributed by atoms with Gasteiger partial charge in [0.05, 0.1) is 5.41 Å². The fourth-order valence-corrected chi connectivity index (χ4v) is 4.08. The molecule has 0 bridgehead atoms. The van der Waals surface area contributed by atoms with Crippen molar-refractivity contribution in [2.45, 2.75) is 50.9 Å². The Hall–Kier alpha value is -1.71. The predicted molar refractivity (Wildman–Crippen MR) is 82.0 cm³/mol. The number of hydrogen-bond donors (Lipinski definition) is 0. The summed E-state index contributed by atoms with van der Waals surface area (Å²) in [5, 5.41) is 0. The van der Waals surface area contributed by atoms with E-state index in [1.807, 2.05) is 6.92 Å². The summed E-state index contributed by atoms with van der Waals surface area (Å²) in [7, 11) is 1.52. The highest BCUT2D eigenvalue weighted by molar-refractivity contribution is 6.12. The van der Waals surface area contributed by atoms with E-state index in [-0.39, 0.29) is 11.8 Å². The summed E-state index contributed by atoms with van der Waals surface area (Å²) in [5.74, 6) is -0.457. The summed E-state index contributed by atoms with van der Waals surface area (Å²) in [4.78, 5) is 26.3. The highest BCUT2D eigenvalue weighted by Crippen LogP contribution is 2.42. The van der Waals surface area contributed by atoms with Crippen LogP contribution in [0, 0.1) is 11.7 Å². The highest BCUT2D eigenvalue weighted by Gasteiger charge is 2.47. The second-order valence-electron chi connectivity index (χ2n) is 6.90. The van der Waals surface area contributed by atoms with Crippen molar-refractivity contribution in [1.29, 1.82) is 0 Å². The Labute approximate surface area is 130 Å². The van der Waals surface area contributed by atoms with Crippen molar-refractivity contribution >= 4 is 11.8 Å². The van der Waals surface area contributed by atoms with E-state index in [1.165, 1.54) is 49.4 Å². The minimum Gasteiger partial charge on any atom is -0.281 e. The number of carbonyl (C=O) groups excluding carboxylic acids is 2. The van der Waals surface area contributed by atoms with Gasteiger partial charge in [0.2, 0.25) is 5.91 Å². The molecule has 1 heterocycles. The maximum atomic E-state index is 13.7. The van der Waals surface area contributed by atoms with Gasteiger partial charge in [-0.2, -0.15) is 0 Å². The molecule has 1 atom stereocenters. The zero-order valence-corrected chi connectivity index (χ0v) is 13.2. The number of amides is 2. The van der Waals surface area contributed by atoms with Gasteiger partial charge in [-0.25, -0.2) is 4.39 Å². The maximum Gasteiger partial charge on any atom is 0.260 e. The lowest BCUT2D eigenvalue weighted by molar-refractivity contribution is -0.134. The van der Waals surface area contributed by atoms with Crippen LogP contribution in [-0.2, 0) is 10.2 Å². The van der Waals surface area contributed by atoms with Gasteiger partial charge in [-0.1, -0.05) is 32.1 Å². The number of benzene rings is 1. The molecule has 1 aliphatic heterocycles. The third kappa shape index (κ3) is 2.34. The SMILES string of the molecule is CN1C(=O)c2ccc(F)cc2C(C)(CC2CCCCC2)C1=O. The molecule has 2 amide bonds. The molecule has 1 saturated carbocycles. The molecule has 2 aliphatic rings. The molecule has 3 rings (SSSR count). The van der Waals surface area contributed by atoms with E-state index in [9.17, 15) is 14.0 Å². The van der Waals surface area contributed by atoms with Gasteiger partial charge in [-0.15, -0.1) is 0 Å². The first kappa shape index (κ1) is 15.2. The van der Waals surface area contributed by atoms with Gasteiger partial charge < -0.3 is 0 Å². The number of rotatable bonds is 2. The third-order valence-electron chi connectivity index (χ3n) is 5.31. The molecule has 1 aromatic carbocycles. The van der Waals surface area contributed by atoms with Crippen LogP contribution in [0.3, 0.4) is 0 Å². The first-order chi connectivity index (χ1) is 10.4. The molecule has 1 unspecified atom stereocenters. The van der Waals surface area contributed by atoms with Gasteiger partial charge in [0.1, 0.15) is 5.82 Å². The normalized spacial score (nSPS) is 26.2. The zero-order chi connectivity index (χ0) is 15.9. The van der Waals surface area contributed by atoms with Crippen molar-refractivity contribution in [3.8, 4) is 0 Å². The van der Waals surface area contributed by atoms with E-state index < -0.39 is 11.2 Å². The lowest BCUT2D eigenvalue weighted by atomic mass is 9.68. The van der Waals surface area contributed by atoms with E-state index in [0.717, 1.165) is 12.8 Å². The Balaban J connectivity index is 2.04. The Morgan fingerprint density at radius 2 is 1.91 bits per heavy atom. The summed E-state index contributed by atoms with van der Waals surface area (Å²) in [6.45, 7) is 1.87. The molecule has 1 aliphatic carbocycles. The summed E-state index contributed by atoms with van der Waals surface area (Å²) in [5.41, 5.74) is 0.218. The standard InChI is InChI=1S/C18H22FNO2/c1-18(11-12-6-4-3-5-7-12)15-10-13(19)8-9-14(15)16(21)20(2)17(18)22/h8-10,12H,3-7,11H2,1-2H3. The van der Waals surface area contributed by atoms with E-state index >= 15 is 0 Å². The number of halogens is 1. The topological polar surface area (TPSA) is 37.4 Å². The second-order valence-corrected chi connectivity index (χ2v) is 6.90. The lowest BCUT2D eigenvalue weighted by Crippen LogP contribution is -2.52. The molecule has 4 heteroatoms. The van der Waals surface area contributed by atoms with Crippen molar-refractivity contribution in [3.05, 3.63) is 35.1 Å². The van der Waals surface area contributed by atoms with Crippen LogP contribution in [-0.4, -0.2) is 23.8 Å². The number of fused-ring (bicyclic) bond motifs is 1. The Bertz CT molecular complexity index is 622. The molecule has 3 nitrogen and oxygen atoms in total.